The van der Waals surface area contributed by atoms with Gasteiger partial charge in [-0.3, -0.25) is 0 Å². The Bertz CT molecular complexity index is 741. The van der Waals surface area contributed by atoms with Crippen LogP contribution in [0.15, 0.2) is 72.6 Å². The van der Waals surface area contributed by atoms with E-state index in [1.54, 1.807) is 0 Å². The second-order valence-electron chi connectivity index (χ2n) is 5.61. The Labute approximate surface area is 119 Å². The number of rotatable bonds is 1. The fourth-order valence-electron chi connectivity index (χ4n) is 3.38. The van der Waals surface area contributed by atoms with Gasteiger partial charge in [0.25, 0.3) is 0 Å². The molecule has 0 amide bonds. The minimum absolute atomic E-state index is 0.519. The third-order valence-corrected chi connectivity index (χ3v) is 4.23. The summed E-state index contributed by atoms with van der Waals surface area (Å²) in [4.78, 5) is 0. The van der Waals surface area contributed by atoms with E-state index in [0.29, 0.717) is 5.92 Å². The minimum Gasteiger partial charge on any atom is -0.356 e. The molecule has 0 spiro atoms. The summed E-state index contributed by atoms with van der Waals surface area (Å²) in [5.41, 5.74) is 7.03. The van der Waals surface area contributed by atoms with Crippen LogP contribution < -0.4 is 0 Å². The highest BCUT2D eigenvalue weighted by atomic mass is 14.9. The van der Waals surface area contributed by atoms with Crippen LogP contribution in [0.25, 0.3) is 5.57 Å². The van der Waals surface area contributed by atoms with Gasteiger partial charge in [0.1, 0.15) is 0 Å². The minimum atomic E-state index is 0.519. The number of hydrogen-bond donors (Lipinski definition) is 0. The first-order chi connectivity index (χ1) is 9.83. The van der Waals surface area contributed by atoms with Crippen molar-refractivity contribution in [3.63, 3.8) is 0 Å². The van der Waals surface area contributed by atoms with Gasteiger partial charge >= 0.3 is 0 Å². The van der Waals surface area contributed by atoms with Crippen LogP contribution in [0.3, 0.4) is 0 Å². The molecule has 2 aromatic rings. The summed E-state index contributed by atoms with van der Waals surface area (Å²) in [6.07, 6.45) is 14.6. The van der Waals surface area contributed by atoms with Crippen LogP contribution in [0.4, 0.5) is 0 Å². The molecule has 1 aromatic carbocycles. The Hall–Kier alpha value is -2.28. The first-order valence-electron chi connectivity index (χ1n) is 7.12. The molecular formula is C19H17N. The van der Waals surface area contributed by atoms with Gasteiger partial charge in [-0.15, -0.1) is 0 Å². The largest absolute Gasteiger partial charge is 0.356 e. The zero-order valence-electron chi connectivity index (χ0n) is 11.6. The Balaban J connectivity index is 2.00. The number of fused-ring (bicyclic) bond motifs is 2. The number of aromatic nitrogens is 1. The van der Waals surface area contributed by atoms with Crippen molar-refractivity contribution in [1.82, 2.24) is 4.57 Å². The second-order valence-corrected chi connectivity index (χ2v) is 5.61. The van der Waals surface area contributed by atoms with Gasteiger partial charge in [-0.25, -0.2) is 0 Å². The summed E-state index contributed by atoms with van der Waals surface area (Å²) in [6.45, 7) is 0. The van der Waals surface area contributed by atoms with Crippen molar-refractivity contribution in [3.05, 3.63) is 89.3 Å². The molecule has 0 saturated carbocycles. The van der Waals surface area contributed by atoms with E-state index in [1.807, 2.05) is 0 Å². The van der Waals surface area contributed by atoms with Gasteiger partial charge < -0.3 is 4.57 Å². The van der Waals surface area contributed by atoms with Crippen LogP contribution in [0.1, 0.15) is 16.7 Å². The second kappa shape index (κ2) is 4.38. The summed E-state index contributed by atoms with van der Waals surface area (Å²) in [5.74, 6) is 0.519. The van der Waals surface area contributed by atoms with E-state index in [9.17, 15) is 0 Å². The first kappa shape index (κ1) is 11.5. The summed E-state index contributed by atoms with van der Waals surface area (Å²) in [7, 11) is 2.11. The average molecular weight is 259 g/mol. The van der Waals surface area contributed by atoms with E-state index in [2.05, 4.69) is 78.6 Å². The average Bonchev–Trinajstić information content (AvgIpc) is 2.85. The molecule has 98 valence electrons. The zero-order chi connectivity index (χ0) is 13.5. The van der Waals surface area contributed by atoms with E-state index >= 15 is 0 Å². The normalized spacial score (nSPS) is 19.9. The van der Waals surface area contributed by atoms with Crippen LogP contribution >= 0.6 is 0 Å². The van der Waals surface area contributed by atoms with Crippen molar-refractivity contribution >= 4 is 5.57 Å². The SMILES string of the molecule is Cn1cc2c(c1)C(c1ccccc1)=C1C=CC=C[C@H]1C2. The van der Waals surface area contributed by atoms with Crippen LogP contribution in [0.5, 0.6) is 0 Å². The molecule has 0 radical (unpaired) electrons. The lowest BCUT2D eigenvalue weighted by Crippen LogP contribution is -2.14. The van der Waals surface area contributed by atoms with E-state index in [-0.39, 0.29) is 0 Å². The molecule has 2 aliphatic rings. The van der Waals surface area contributed by atoms with Crippen LogP contribution in [-0.4, -0.2) is 4.57 Å². The van der Waals surface area contributed by atoms with Gasteiger partial charge in [0.05, 0.1) is 0 Å². The van der Waals surface area contributed by atoms with Gasteiger partial charge in [0, 0.05) is 30.9 Å². The fourth-order valence-corrected chi connectivity index (χ4v) is 3.38. The predicted octanol–water partition coefficient (Wildman–Crippen LogP) is 4.13. The molecule has 0 saturated heterocycles. The molecule has 0 aliphatic heterocycles. The molecule has 4 rings (SSSR count). The number of nitrogens with zero attached hydrogens (tertiary/aromatic N) is 1. The van der Waals surface area contributed by atoms with Crippen molar-refractivity contribution in [2.45, 2.75) is 6.42 Å². The van der Waals surface area contributed by atoms with Crippen molar-refractivity contribution in [1.29, 1.82) is 0 Å². The van der Waals surface area contributed by atoms with Gasteiger partial charge in [-0.2, -0.15) is 0 Å². The number of benzene rings is 1. The highest BCUT2D eigenvalue weighted by molar-refractivity contribution is 5.87. The van der Waals surface area contributed by atoms with Gasteiger partial charge in [-0.1, -0.05) is 54.6 Å². The third kappa shape index (κ3) is 1.70. The topological polar surface area (TPSA) is 4.93 Å². The maximum absolute atomic E-state index is 2.33. The summed E-state index contributed by atoms with van der Waals surface area (Å²) in [6, 6.07) is 10.8. The van der Waals surface area contributed by atoms with Gasteiger partial charge in [-0.05, 0) is 28.7 Å². The molecule has 0 unspecified atom stereocenters. The van der Waals surface area contributed by atoms with Gasteiger partial charge in [0.2, 0.25) is 0 Å². The Morgan fingerprint density at radius 1 is 1.05 bits per heavy atom. The summed E-state index contributed by atoms with van der Waals surface area (Å²) in [5, 5.41) is 0. The quantitative estimate of drug-likeness (QED) is 0.726. The highest BCUT2D eigenvalue weighted by Crippen LogP contribution is 2.41. The molecule has 1 heterocycles. The van der Waals surface area contributed by atoms with Crippen molar-refractivity contribution in [2.24, 2.45) is 13.0 Å². The molecule has 1 aromatic heterocycles. The smallest absolute Gasteiger partial charge is 0.0114 e. The number of hydrogen-bond acceptors (Lipinski definition) is 0. The van der Waals surface area contributed by atoms with Crippen molar-refractivity contribution < 1.29 is 0 Å². The highest BCUT2D eigenvalue weighted by Gasteiger charge is 2.27. The molecule has 0 fully saturated rings. The standard InChI is InChI=1S/C19H17N/c1-20-12-16-11-15-9-5-6-10-17(15)19(18(16)13-20)14-7-3-2-4-8-14/h2-10,12-13,15H,11H2,1H3/t15-/m0/s1. The number of allylic oxidation sites excluding steroid dienone is 5. The van der Waals surface area contributed by atoms with Crippen LogP contribution in [0, 0.1) is 5.92 Å². The van der Waals surface area contributed by atoms with Crippen molar-refractivity contribution in [3.8, 4) is 0 Å². The monoisotopic (exact) mass is 259 g/mol. The van der Waals surface area contributed by atoms with E-state index < -0.39 is 0 Å². The predicted molar refractivity (Wildman–Crippen MR) is 83.4 cm³/mol. The zero-order valence-corrected chi connectivity index (χ0v) is 11.6. The van der Waals surface area contributed by atoms with Crippen molar-refractivity contribution in [2.75, 3.05) is 0 Å². The van der Waals surface area contributed by atoms with Crippen LogP contribution in [0.2, 0.25) is 0 Å². The molecule has 0 N–H and O–H groups in total. The molecule has 1 atom stereocenters. The van der Waals surface area contributed by atoms with E-state index in [4.69, 9.17) is 0 Å². The summed E-state index contributed by atoms with van der Waals surface area (Å²) >= 11 is 0. The Morgan fingerprint density at radius 3 is 2.75 bits per heavy atom. The maximum atomic E-state index is 2.33. The van der Waals surface area contributed by atoms with Gasteiger partial charge in [0.15, 0.2) is 0 Å². The lowest BCUT2D eigenvalue weighted by Gasteiger charge is -2.27. The lowest BCUT2D eigenvalue weighted by atomic mass is 9.76. The Kier molecular flexibility index (Phi) is 2.53. The number of aryl methyl sites for hydroxylation is 1. The molecule has 1 heteroatoms. The first-order valence-corrected chi connectivity index (χ1v) is 7.12. The maximum Gasteiger partial charge on any atom is 0.0114 e. The van der Waals surface area contributed by atoms with E-state index in [0.717, 1.165) is 6.42 Å². The molecule has 0 bridgehead atoms. The molecule has 2 aliphatic carbocycles. The van der Waals surface area contributed by atoms with Crippen LogP contribution in [-0.2, 0) is 13.5 Å². The summed E-state index contributed by atoms with van der Waals surface area (Å²) < 4.78 is 2.18. The molecule has 20 heavy (non-hydrogen) atoms. The fraction of sp³-hybridized carbons (Fsp3) is 0.158. The molecule has 1 nitrogen and oxygen atoms in total. The Morgan fingerprint density at radius 2 is 1.90 bits per heavy atom. The molecular weight excluding hydrogens is 242 g/mol. The van der Waals surface area contributed by atoms with E-state index in [1.165, 1.54) is 27.8 Å². The lowest BCUT2D eigenvalue weighted by molar-refractivity contribution is 0.754. The third-order valence-electron chi connectivity index (χ3n) is 4.23.